The highest BCUT2D eigenvalue weighted by Gasteiger charge is 2.28. The number of nitrogens with zero attached hydrogens (tertiary/aromatic N) is 3. The molecular formula is C9H18N3+. The lowest BCUT2D eigenvalue weighted by molar-refractivity contribution is -0.896. The molecule has 1 aliphatic heterocycles. The molecule has 1 unspecified atom stereocenters. The fourth-order valence-corrected chi connectivity index (χ4v) is 1.68. The van der Waals surface area contributed by atoms with Gasteiger partial charge in [-0.15, -0.1) is 0 Å². The summed E-state index contributed by atoms with van der Waals surface area (Å²) in [5, 5.41) is 8.74. The maximum absolute atomic E-state index is 8.74. The lowest BCUT2D eigenvalue weighted by Crippen LogP contribution is -2.52. The Hall–Kier alpha value is -0.750. The van der Waals surface area contributed by atoms with Crippen molar-refractivity contribution in [3.63, 3.8) is 0 Å². The molecule has 0 aromatic carbocycles. The second kappa shape index (κ2) is 3.32. The van der Waals surface area contributed by atoms with Gasteiger partial charge in [0, 0.05) is 13.0 Å². The minimum absolute atomic E-state index is 0.624. The molecule has 0 radical (unpaired) electrons. The first kappa shape index (κ1) is 9.34. The third-order valence-corrected chi connectivity index (χ3v) is 2.63. The van der Waals surface area contributed by atoms with Crippen molar-refractivity contribution in [3.05, 3.63) is 0 Å². The van der Waals surface area contributed by atoms with Crippen LogP contribution in [-0.4, -0.2) is 49.7 Å². The number of piperidine rings is 1. The van der Waals surface area contributed by atoms with Crippen molar-refractivity contribution < 1.29 is 4.48 Å². The van der Waals surface area contributed by atoms with E-state index in [4.69, 9.17) is 5.26 Å². The Bertz CT molecular complexity index is 187. The highest BCUT2D eigenvalue weighted by Crippen LogP contribution is 2.16. The van der Waals surface area contributed by atoms with E-state index in [9.17, 15) is 0 Å². The van der Waals surface area contributed by atoms with Crippen LogP contribution in [-0.2, 0) is 0 Å². The summed E-state index contributed by atoms with van der Waals surface area (Å²) in [6, 6.07) is 0.624. The van der Waals surface area contributed by atoms with Crippen LogP contribution in [0.3, 0.4) is 0 Å². The second-order valence-corrected chi connectivity index (χ2v) is 4.46. The fraction of sp³-hybridized carbons (Fsp3) is 0.889. The van der Waals surface area contributed by atoms with Gasteiger partial charge in [0.05, 0.1) is 27.7 Å². The number of likely N-dealkylation sites (N-methyl/N-ethyl adjacent to an activating group) is 1. The largest absolute Gasteiger partial charge is 0.327 e. The molecule has 0 amide bonds. The Labute approximate surface area is 74.8 Å². The van der Waals surface area contributed by atoms with Gasteiger partial charge in [0.25, 0.3) is 0 Å². The molecule has 1 fully saturated rings. The lowest BCUT2D eigenvalue weighted by Gasteiger charge is -2.39. The first-order chi connectivity index (χ1) is 5.54. The zero-order chi connectivity index (χ0) is 9.19. The summed E-state index contributed by atoms with van der Waals surface area (Å²) < 4.78 is 0.970. The van der Waals surface area contributed by atoms with Gasteiger partial charge in [-0.1, -0.05) is 0 Å². The van der Waals surface area contributed by atoms with E-state index < -0.39 is 0 Å². The SMILES string of the molecule is C[N+](C)(C)C1CCCN(C#N)C1. The van der Waals surface area contributed by atoms with E-state index in [2.05, 4.69) is 27.3 Å². The van der Waals surface area contributed by atoms with Crippen molar-refractivity contribution in [1.82, 2.24) is 4.90 Å². The zero-order valence-corrected chi connectivity index (χ0v) is 8.25. The molecule has 3 nitrogen and oxygen atoms in total. The van der Waals surface area contributed by atoms with E-state index in [0.29, 0.717) is 6.04 Å². The lowest BCUT2D eigenvalue weighted by atomic mass is 10.0. The van der Waals surface area contributed by atoms with E-state index >= 15 is 0 Å². The molecule has 1 rings (SSSR count). The van der Waals surface area contributed by atoms with Gasteiger partial charge >= 0.3 is 0 Å². The molecule has 0 bridgehead atoms. The number of rotatable bonds is 1. The summed E-state index contributed by atoms with van der Waals surface area (Å²) in [6.07, 6.45) is 4.64. The molecule has 0 N–H and O–H groups in total. The molecule has 1 aliphatic rings. The molecule has 1 atom stereocenters. The van der Waals surface area contributed by atoms with Crippen LogP contribution < -0.4 is 0 Å². The minimum atomic E-state index is 0.624. The number of quaternary nitrogens is 1. The summed E-state index contributed by atoms with van der Waals surface area (Å²) in [7, 11) is 6.60. The van der Waals surface area contributed by atoms with E-state index in [1.54, 1.807) is 0 Å². The van der Waals surface area contributed by atoms with Crippen LogP contribution in [0.5, 0.6) is 0 Å². The predicted molar refractivity (Wildman–Crippen MR) is 48.2 cm³/mol. The van der Waals surface area contributed by atoms with Crippen LogP contribution >= 0.6 is 0 Å². The Kier molecular flexibility index (Phi) is 2.58. The fourth-order valence-electron chi connectivity index (χ4n) is 1.68. The Morgan fingerprint density at radius 3 is 2.58 bits per heavy atom. The Morgan fingerprint density at radius 2 is 2.08 bits per heavy atom. The second-order valence-electron chi connectivity index (χ2n) is 4.46. The van der Waals surface area contributed by atoms with E-state index in [0.717, 1.165) is 24.0 Å². The van der Waals surface area contributed by atoms with Crippen molar-refractivity contribution in [2.24, 2.45) is 0 Å². The van der Waals surface area contributed by atoms with Gasteiger partial charge < -0.3 is 9.38 Å². The molecule has 0 aliphatic carbocycles. The Morgan fingerprint density at radius 1 is 1.42 bits per heavy atom. The monoisotopic (exact) mass is 168 g/mol. The van der Waals surface area contributed by atoms with Crippen molar-refractivity contribution in [2.45, 2.75) is 18.9 Å². The van der Waals surface area contributed by atoms with Crippen LogP contribution in [0.25, 0.3) is 0 Å². The minimum Gasteiger partial charge on any atom is -0.327 e. The van der Waals surface area contributed by atoms with Crippen LogP contribution in [0.4, 0.5) is 0 Å². The van der Waals surface area contributed by atoms with Gasteiger partial charge in [-0.05, 0) is 6.42 Å². The van der Waals surface area contributed by atoms with Gasteiger partial charge in [-0.3, -0.25) is 0 Å². The molecule has 0 spiro atoms. The standard InChI is InChI=1S/C9H18N3/c1-12(2,3)9-5-4-6-11(7-9)8-10/h9H,4-7H2,1-3H3/q+1. The number of hydrogen-bond acceptors (Lipinski definition) is 2. The van der Waals surface area contributed by atoms with Gasteiger partial charge in [0.1, 0.15) is 6.04 Å². The van der Waals surface area contributed by atoms with Crippen molar-refractivity contribution in [2.75, 3.05) is 34.2 Å². The summed E-state index contributed by atoms with van der Waals surface area (Å²) in [4.78, 5) is 1.87. The first-order valence-electron chi connectivity index (χ1n) is 4.50. The molecule has 0 aromatic rings. The van der Waals surface area contributed by atoms with Crippen molar-refractivity contribution in [1.29, 1.82) is 5.26 Å². The predicted octanol–water partition coefficient (Wildman–Crippen LogP) is 0.638. The maximum Gasteiger partial charge on any atom is 0.179 e. The van der Waals surface area contributed by atoms with Gasteiger partial charge in [-0.25, -0.2) is 0 Å². The van der Waals surface area contributed by atoms with Gasteiger partial charge in [-0.2, -0.15) is 5.26 Å². The smallest absolute Gasteiger partial charge is 0.179 e. The molecule has 68 valence electrons. The number of hydrogen-bond donors (Lipinski definition) is 0. The van der Waals surface area contributed by atoms with E-state index in [-0.39, 0.29) is 0 Å². The van der Waals surface area contributed by atoms with Crippen LogP contribution in [0, 0.1) is 11.5 Å². The van der Waals surface area contributed by atoms with E-state index in [1.165, 1.54) is 6.42 Å². The molecule has 1 heterocycles. The number of nitriles is 1. The average molecular weight is 168 g/mol. The summed E-state index contributed by atoms with van der Waals surface area (Å²) in [5.74, 6) is 0. The highest BCUT2D eigenvalue weighted by molar-refractivity contribution is 4.81. The number of likely N-dealkylation sites (tertiary alicyclic amines) is 1. The molecule has 3 heteroatoms. The maximum atomic E-state index is 8.74. The van der Waals surface area contributed by atoms with Crippen molar-refractivity contribution in [3.8, 4) is 6.19 Å². The molecule has 1 saturated heterocycles. The summed E-state index contributed by atoms with van der Waals surface area (Å²) in [6.45, 7) is 1.88. The van der Waals surface area contributed by atoms with Gasteiger partial charge in [0.15, 0.2) is 6.19 Å². The summed E-state index contributed by atoms with van der Waals surface area (Å²) in [5.41, 5.74) is 0. The van der Waals surface area contributed by atoms with Crippen molar-refractivity contribution >= 4 is 0 Å². The quantitative estimate of drug-likeness (QED) is 0.424. The molecule has 0 saturated carbocycles. The molecule has 12 heavy (non-hydrogen) atoms. The summed E-state index contributed by atoms with van der Waals surface area (Å²) >= 11 is 0. The van der Waals surface area contributed by atoms with Gasteiger partial charge in [0.2, 0.25) is 0 Å². The Balaban J connectivity index is 2.53. The normalized spacial score (nSPS) is 25.2. The molecular weight excluding hydrogens is 150 g/mol. The third kappa shape index (κ3) is 2.12. The zero-order valence-electron chi connectivity index (χ0n) is 8.25. The van der Waals surface area contributed by atoms with Crippen LogP contribution in [0.1, 0.15) is 12.8 Å². The average Bonchev–Trinajstić information content (AvgIpc) is 2.03. The first-order valence-corrected chi connectivity index (χ1v) is 4.50. The third-order valence-electron chi connectivity index (χ3n) is 2.63. The van der Waals surface area contributed by atoms with Crippen LogP contribution in [0.2, 0.25) is 0 Å². The highest BCUT2D eigenvalue weighted by atomic mass is 15.3. The van der Waals surface area contributed by atoms with E-state index in [1.807, 2.05) is 4.90 Å². The topological polar surface area (TPSA) is 27.0 Å². The molecule has 0 aromatic heterocycles. The van der Waals surface area contributed by atoms with Crippen LogP contribution in [0.15, 0.2) is 0 Å².